The number of carboxylic acids is 1. The van der Waals surface area contributed by atoms with Gasteiger partial charge in [0.1, 0.15) is 0 Å². The molecule has 1 aromatic rings. The van der Waals surface area contributed by atoms with Crippen LogP contribution < -0.4 is 5.32 Å². The first-order valence-corrected chi connectivity index (χ1v) is 5.88. The summed E-state index contributed by atoms with van der Waals surface area (Å²) in [6.45, 7) is 1.53. The number of carbonyl (C=O) groups is 2. The van der Waals surface area contributed by atoms with Crippen molar-refractivity contribution in [2.24, 2.45) is 0 Å². The fourth-order valence-corrected chi connectivity index (χ4v) is 2.30. The van der Waals surface area contributed by atoms with E-state index in [0.29, 0.717) is 11.3 Å². The van der Waals surface area contributed by atoms with Gasteiger partial charge in [0.15, 0.2) is 0 Å². The van der Waals surface area contributed by atoms with E-state index >= 15 is 0 Å². The highest BCUT2D eigenvalue weighted by Gasteiger charge is 2.31. The Labute approximate surface area is 114 Å². The van der Waals surface area contributed by atoms with Crippen LogP contribution in [0.25, 0.3) is 0 Å². The van der Waals surface area contributed by atoms with Crippen molar-refractivity contribution in [3.8, 4) is 0 Å². The highest BCUT2D eigenvalue weighted by molar-refractivity contribution is 5.94. The molecule has 1 aromatic carbocycles. The van der Waals surface area contributed by atoms with Gasteiger partial charge in [-0.25, -0.2) is 4.79 Å². The van der Waals surface area contributed by atoms with E-state index in [4.69, 9.17) is 0 Å². The van der Waals surface area contributed by atoms with Gasteiger partial charge in [0, 0.05) is 30.2 Å². The molecule has 1 aliphatic heterocycles. The zero-order valence-corrected chi connectivity index (χ0v) is 10.6. The Kier molecular flexibility index (Phi) is 3.51. The number of rotatable bonds is 3. The molecule has 1 heterocycles. The van der Waals surface area contributed by atoms with Gasteiger partial charge in [-0.15, -0.1) is 0 Å². The van der Waals surface area contributed by atoms with Crippen molar-refractivity contribution >= 4 is 17.6 Å². The standard InChI is InChI=1S/C13H12N2O5/c1-7-12(13(17)18)10(6-11(16)14-7)8-2-4-9(5-3-8)15(19)20/h2-5,10H,6H2,1H3,(H,14,16)(H,17,18). The second kappa shape index (κ2) is 5.12. The summed E-state index contributed by atoms with van der Waals surface area (Å²) in [6.07, 6.45) is 0.0107. The van der Waals surface area contributed by atoms with E-state index < -0.39 is 16.8 Å². The molecule has 0 aromatic heterocycles. The molecule has 2 rings (SSSR count). The van der Waals surface area contributed by atoms with Crippen LogP contribution in [-0.4, -0.2) is 21.9 Å². The number of amides is 1. The molecule has 1 amide bonds. The molecule has 0 bridgehead atoms. The molecule has 0 fully saturated rings. The SMILES string of the molecule is CC1=C(C(=O)O)C(c2ccc([N+](=O)[O-])cc2)CC(=O)N1. The molecule has 0 saturated carbocycles. The predicted molar refractivity (Wildman–Crippen MR) is 68.9 cm³/mol. The molecular weight excluding hydrogens is 264 g/mol. The Bertz CT molecular complexity index is 618. The molecule has 0 radical (unpaired) electrons. The lowest BCUT2D eigenvalue weighted by atomic mass is 9.84. The fourth-order valence-electron chi connectivity index (χ4n) is 2.30. The number of aliphatic carboxylic acids is 1. The van der Waals surface area contributed by atoms with Gasteiger partial charge in [-0.3, -0.25) is 14.9 Å². The van der Waals surface area contributed by atoms with Crippen LogP contribution in [0, 0.1) is 10.1 Å². The van der Waals surface area contributed by atoms with Crippen LogP contribution in [0.5, 0.6) is 0 Å². The Balaban J connectivity index is 2.43. The normalized spacial score (nSPS) is 18.6. The maximum Gasteiger partial charge on any atom is 0.333 e. The number of non-ortho nitro benzene ring substituents is 1. The summed E-state index contributed by atoms with van der Waals surface area (Å²) in [6, 6.07) is 5.57. The Hall–Kier alpha value is -2.70. The number of nitro groups is 1. The van der Waals surface area contributed by atoms with Gasteiger partial charge in [-0.1, -0.05) is 12.1 Å². The van der Waals surface area contributed by atoms with Crippen LogP contribution in [0.1, 0.15) is 24.8 Å². The van der Waals surface area contributed by atoms with Crippen LogP contribution in [0.15, 0.2) is 35.5 Å². The predicted octanol–water partition coefficient (Wildman–Crippen LogP) is 1.56. The minimum atomic E-state index is -1.11. The van der Waals surface area contributed by atoms with Gasteiger partial charge in [-0.05, 0) is 12.5 Å². The molecular formula is C13H12N2O5. The molecule has 1 unspecified atom stereocenters. The third kappa shape index (κ3) is 2.51. The maximum atomic E-state index is 11.6. The summed E-state index contributed by atoms with van der Waals surface area (Å²) in [5.74, 6) is -1.97. The van der Waals surface area contributed by atoms with E-state index in [1.54, 1.807) is 0 Å². The van der Waals surface area contributed by atoms with E-state index in [1.807, 2.05) is 0 Å². The van der Waals surface area contributed by atoms with Crippen LogP contribution in [0.3, 0.4) is 0 Å². The lowest BCUT2D eigenvalue weighted by Crippen LogP contribution is -2.33. The van der Waals surface area contributed by atoms with Gasteiger partial charge >= 0.3 is 5.97 Å². The van der Waals surface area contributed by atoms with E-state index in [9.17, 15) is 24.8 Å². The number of nitrogens with zero attached hydrogens (tertiary/aromatic N) is 1. The summed E-state index contributed by atoms with van der Waals surface area (Å²) in [4.78, 5) is 32.9. The van der Waals surface area contributed by atoms with Crippen molar-refractivity contribution in [3.05, 3.63) is 51.2 Å². The Morgan fingerprint density at radius 3 is 2.50 bits per heavy atom. The zero-order chi connectivity index (χ0) is 14.9. The molecule has 7 heteroatoms. The van der Waals surface area contributed by atoms with Gasteiger partial charge in [0.25, 0.3) is 5.69 Å². The molecule has 0 spiro atoms. The second-order valence-electron chi connectivity index (χ2n) is 4.50. The Morgan fingerprint density at radius 1 is 1.40 bits per heavy atom. The lowest BCUT2D eigenvalue weighted by molar-refractivity contribution is -0.384. The van der Waals surface area contributed by atoms with Crippen molar-refractivity contribution in [1.82, 2.24) is 5.32 Å². The number of carboxylic acid groups (broad SMARTS) is 1. The van der Waals surface area contributed by atoms with Gasteiger partial charge in [-0.2, -0.15) is 0 Å². The third-order valence-electron chi connectivity index (χ3n) is 3.21. The van der Waals surface area contributed by atoms with E-state index in [1.165, 1.54) is 31.2 Å². The van der Waals surface area contributed by atoms with Gasteiger partial charge in [0.05, 0.1) is 10.5 Å². The van der Waals surface area contributed by atoms with Crippen molar-refractivity contribution < 1.29 is 19.6 Å². The van der Waals surface area contributed by atoms with Crippen molar-refractivity contribution in [2.75, 3.05) is 0 Å². The Morgan fingerprint density at radius 2 is 2.00 bits per heavy atom. The minimum Gasteiger partial charge on any atom is -0.478 e. The highest BCUT2D eigenvalue weighted by Crippen LogP contribution is 2.33. The summed E-state index contributed by atoms with van der Waals surface area (Å²) >= 11 is 0. The summed E-state index contributed by atoms with van der Waals surface area (Å²) < 4.78 is 0. The number of nitrogens with one attached hydrogen (secondary N) is 1. The number of nitro benzene ring substituents is 1. The molecule has 0 aliphatic carbocycles. The summed E-state index contributed by atoms with van der Waals surface area (Å²) in [7, 11) is 0. The number of benzene rings is 1. The quantitative estimate of drug-likeness (QED) is 0.643. The van der Waals surface area contributed by atoms with Crippen LogP contribution >= 0.6 is 0 Å². The largest absolute Gasteiger partial charge is 0.478 e. The summed E-state index contributed by atoms with van der Waals surface area (Å²) in [5, 5.41) is 22.3. The zero-order valence-electron chi connectivity index (χ0n) is 10.6. The summed E-state index contributed by atoms with van der Waals surface area (Å²) in [5.41, 5.74) is 0.907. The average Bonchev–Trinajstić information content (AvgIpc) is 2.37. The second-order valence-corrected chi connectivity index (χ2v) is 4.50. The minimum absolute atomic E-state index is 0.0107. The van der Waals surface area contributed by atoms with Crippen LogP contribution in [-0.2, 0) is 9.59 Å². The average molecular weight is 276 g/mol. The molecule has 1 aliphatic rings. The van der Waals surface area contributed by atoms with Crippen LogP contribution in [0.2, 0.25) is 0 Å². The molecule has 0 saturated heterocycles. The number of carbonyl (C=O) groups excluding carboxylic acids is 1. The number of hydrogen-bond donors (Lipinski definition) is 2. The van der Waals surface area contributed by atoms with Crippen molar-refractivity contribution in [2.45, 2.75) is 19.3 Å². The van der Waals surface area contributed by atoms with Crippen molar-refractivity contribution in [1.29, 1.82) is 0 Å². The monoisotopic (exact) mass is 276 g/mol. The smallest absolute Gasteiger partial charge is 0.333 e. The third-order valence-corrected chi connectivity index (χ3v) is 3.21. The fraction of sp³-hybridized carbons (Fsp3) is 0.231. The number of allylic oxidation sites excluding steroid dienone is 1. The molecule has 20 heavy (non-hydrogen) atoms. The molecule has 1 atom stereocenters. The number of hydrogen-bond acceptors (Lipinski definition) is 4. The van der Waals surface area contributed by atoms with E-state index in [0.717, 1.165) is 0 Å². The molecule has 7 nitrogen and oxygen atoms in total. The van der Waals surface area contributed by atoms with E-state index in [2.05, 4.69) is 5.32 Å². The maximum absolute atomic E-state index is 11.6. The van der Waals surface area contributed by atoms with Gasteiger partial charge in [0.2, 0.25) is 5.91 Å². The first-order valence-electron chi connectivity index (χ1n) is 5.88. The molecule has 2 N–H and O–H groups in total. The lowest BCUT2D eigenvalue weighted by Gasteiger charge is -2.25. The van der Waals surface area contributed by atoms with E-state index in [-0.39, 0.29) is 23.6 Å². The molecule has 104 valence electrons. The van der Waals surface area contributed by atoms with Crippen molar-refractivity contribution in [3.63, 3.8) is 0 Å². The highest BCUT2D eigenvalue weighted by atomic mass is 16.6. The van der Waals surface area contributed by atoms with Gasteiger partial charge < -0.3 is 10.4 Å². The first kappa shape index (κ1) is 13.7. The van der Waals surface area contributed by atoms with Crippen LogP contribution in [0.4, 0.5) is 5.69 Å². The topological polar surface area (TPSA) is 110 Å². The first-order chi connectivity index (χ1) is 9.40.